The number of carbonyl (C=O) groups excluding carboxylic acids is 1. The van der Waals surface area contributed by atoms with Gasteiger partial charge < -0.3 is 4.90 Å². The van der Waals surface area contributed by atoms with Crippen molar-refractivity contribution in [2.24, 2.45) is 0 Å². The molecule has 0 aliphatic carbocycles. The third kappa shape index (κ3) is 2.93. The largest absolute Gasteiger partial charge is 0.342 e. The molecule has 0 aliphatic heterocycles. The van der Waals surface area contributed by atoms with Crippen molar-refractivity contribution in [2.75, 3.05) is 13.6 Å². The maximum Gasteiger partial charge on any atom is 0.255 e. The minimum Gasteiger partial charge on any atom is -0.342 e. The number of hydrogen-bond acceptors (Lipinski definition) is 2. The molecule has 98 valence electrons. The fraction of sp³-hybridized carbons (Fsp3) is 0.200. The van der Waals surface area contributed by atoms with Crippen molar-refractivity contribution in [1.29, 1.82) is 0 Å². The third-order valence-corrected chi connectivity index (χ3v) is 3.32. The molecule has 0 radical (unpaired) electrons. The molecule has 0 bridgehead atoms. The number of pyridine rings is 1. The van der Waals surface area contributed by atoms with Crippen LogP contribution < -0.4 is 0 Å². The van der Waals surface area contributed by atoms with E-state index >= 15 is 0 Å². The topological polar surface area (TPSA) is 33.2 Å². The minimum atomic E-state index is -0.0381. The molecule has 1 aromatic heterocycles. The highest BCUT2D eigenvalue weighted by molar-refractivity contribution is 6.33. The van der Waals surface area contributed by atoms with Crippen molar-refractivity contribution in [3.8, 4) is 11.1 Å². The molecule has 0 atom stereocenters. The van der Waals surface area contributed by atoms with E-state index in [-0.39, 0.29) is 5.91 Å². The summed E-state index contributed by atoms with van der Waals surface area (Å²) in [7, 11) is 1.77. The van der Waals surface area contributed by atoms with Gasteiger partial charge in [-0.25, -0.2) is 0 Å². The number of hydrogen-bond donors (Lipinski definition) is 0. The number of rotatable bonds is 3. The lowest BCUT2D eigenvalue weighted by Gasteiger charge is -2.14. The van der Waals surface area contributed by atoms with Gasteiger partial charge in [0.25, 0.3) is 5.91 Å². The Bertz CT molecular complexity index is 598. The van der Waals surface area contributed by atoms with E-state index in [0.29, 0.717) is 17.1 Å². The van der Waals surface area contributed by atoms with Crippen LogP contribution in [0.1, 0.15) is 17.3 Å². The van der Waals surface area contributed by atoms with Crippen molar-refractivity contribution in [3.63, 3.8) is 0 Å². The van der Waals surface area contributed by atoms with Gasteiger partial charge in [0, 0.05) is 42.1 Å². The maximum absolute atomic E-state index is 12.1. The van der Waals surface area contributed by atoms with Gasteiger partial charge in [-0.3, -0.25) is 9.78 Å². The quantitative estimate of drug-likeness (QED) is 0.858. The summed E-state index contributed by atoms with van der Waals surface area (Å²) in [5, 5.41) is 0.651. The Morgan fingerprint density at radius 2 is 2.05 bits per heavy atom. The van der Waals surface area contributed by atoms with E-state index in [0.717, 1.165) is 11.1 Å². The van der Waals surface area contributed by atoms with Crippen LogP contribution in [0.25, 0.3) is 11.1 Å². The smallest absolute Gasteiger partial charge is 0.255 e. The van der Waals surface area contributed by atoms with Crippen LogP contribution in [0.2, 0.25) is 5.02 Å². The standard InChI is InChI=1S/C15H15ClN2O/c1-3-18(2)15(19)12-8-11(9-17-10-12)13-6-4-5-7-14(13)16/h4-10H,3H2,1-2H3. The van der Waals surface area contributed by atoms with Gasteiger partial charge in [-0.2, -0.15) is 0 Å². The molecule has 0 saturated carbocycles. The average Bonchev–Trinajstić information content (AvgIpc) is 2.46. The highest BCUT2D eigenvalue weighted by Crippen LogP contribution is 2.27. The predicted molar refractivity (Wildman–Crippen MR) is 77.3 cm³/mol. The number of amides is 1. The van der Waals surface area contributed by atoms with Crippen LogP contribution >= 0.6 is 11.6 Å². The molecular weight excluding hydrogens is 260 g/mol. The van der Waals surface area contributed by atoms with Crippen LogP contribution in [-0.2, 0) is 0 Å². The van der Waals surface area contributed by atoms with Crippen LogP contribution in [0.15, 0.2) is 42.7 Å². The molecule has 19 heavy (non-hydrogen) atoms. The van der Waals surface area contributed by atoms with Gasteiger partial charge in [-0.1, -0.05) is 29.8 Å². The van der Waals surface area contributed by atoms with Gasteiger partial charge in [0.05, 0.1) is 5.56 Å². The summed E-state index contributed by atoms with van der Waals surface area (Å²) in [6.07, 6.45) is 3.29. The summed E-state index contributed by atoms with van der Waals surface area (Å²) in [4.78, 5) is 17.9. The van der Waals surface area contributed by atoms with Crippen LogP contribution in [0, 0.1) is 0 Å². The normalized spacial score (nSPS) is 10.3. The van der Waals surface area contributed by atoms with Crippen molar-refractivity contribution in [3.05, 3.63) is 53.3 Å². The molecule has 0 unspecified atom stereocenters. The molecule has 0 spiro atoms. The van der Waals surface area contributed by atoms with E-state index < -0.39 is 0 Å². The molecule has 4 heteroatoms. The Hall–Kier alpha value is -1.87. The SMILES string of the molecule is CCN(C)C(=O)c1cncc(-c2ccccc2Cl)c1. The molecule has 2 rings (SSSR count). The lowest BCUT2D eigenvalue weighted by molar-refractivity contribution is 0.0802. The first kappa shape index (κ1) is 13.6. The van der Waals surface area contributed by atoms with Gasteiger partial charge in [0.15, 0.2) is 0 Å². The number of halogens is 1. The van der Waals surface area contributed by atoms with E-state index in [2.05, 4.69) is 4.98 Å². The zero-order valence-corrected chi connectivity index (χ0v) is 11.7. The second kappa shape index (κ2) is 5.85. The van der Waals surface area contributed by atoms with Gasteiger partial charge in [-0.05, 0) is 19.1 Å². The Balaban J connectivity index is 2.40. The second-order valence-corrected chi connectivity index (χ2v) is 4.67. The molecule has 0 aliphatic rings. The van der Waals surface area contributed by atoms with Crippen LogP contribution in [0.4, 0.5) is 0 Å². The Morgan fingerprint density at radius 1 is 1.32 bits per heavy atom. The van der Waals surface area contributed by atoms with E-state index in [1.54, 1.807) is 24.3 Å². The first-order valence-electron chi connectivity index (χ1n) is 6.09. The van der Waals surface area contributed by atoms with Crippen LogP contribution in [-0.4, -0.2) is 29.4 Å². The number of nitrogens with zero attached hydrogens (tertiary/aromatic N) is 2. The minimum absolute atomic E-state index is 0.0381. The Labute approximate surface area is 117 Å². The third-order valence-electron chi connectivity index (χ3n) is 2.99. The Morgan fingerprint density at radius 3 is 2.74 bits per heavy atom. The second-order valence-electron chi connectivity index (χ2n) is 4.26. The summed E-state index contributed by atoms with van der Waals surface area (Å²) in [6.45, 7) is 2.60. The maximum atomic E-state index is 12.1. The van der Waals surface area contributed by atoms with Crippen molar-refractivity contribution < 1.29 is 4.79 Å². The van der Waals surface area contributed by atoms with Gasteiger partial charge in [-0.15, -0.1) is 0 Å². The predicted octanol–water partition coefficient (Wildman–Crippen LogP) is 3.49. The van der Waals surface area contributed by atoms with Crippen LogP contribution in [0.5, 0.6) is 0 Å². The summed E-state index contributed by atoms with van der Waals surface area (Å²) in [5.74, 6) is -0.0381. The monoisotopic (exact) mass is 274 g/mol. The molecule has 0 N–H and O–H groups in total. The Kier molecular flexibility index (Phi) is 4.17. The summed E-state index contributed by atoms with van der Waals surface area (Å²) >= 11 is 6.16. The first-order chi connectivity index (χ1) is 9.13. The summed E-state index contributed by atoms with van der Waals surface area (Å²) in [6, 6.07) is 9.34. The molecule has 1 heterocycles. The van der Waals surface area contributed by atoms with Crippen molar-refractivity contribution in [2.45, 2.75) is 6.92 Å². The number of aromatic nitrogens is 1. The number of carbonyl (C=O) groups is 1. The molecule has 0 fully saturated rings. The van der Waals surface area contributed by atoms with Crippen LogP contribution in [0.3, 0.4) is 0 Å². The highest BCUT2D eigenvalue weighted by Gasteiger charge is 2.12. The first-order valence-corrected chi connectivity index (χ1v) is 6.46. The fourth-order valence-corrected chi connectivity index (χ4v) is 2.01. The van der Waals surface area contributed by atoms with E-state index in [4.69, 9.17) is 11.6 Å². The summed E-state index contributed by atoms with van der Waals surface area (Å²) in [5.41, 5.74) is 2.30. The zero-order valence-electron chi connectivity index (χ0n) is 10.9. The highest BCUT2D eigenvalue weighted by atomic mass is 35.5. The van der Waals surface area contributed by atoms with E-state index in [1.165, 1.54) is 0 Å². The van der Waals surface area contributed by atoms with E-state index in [9.17, 15) is 4.79 Å². The molecular formula is C15H15ClN2O. The molecule has 1 amide bonds. The fourth-order valence-electron chi connectivity index (χ4n) is 1.76. The van der Waals surface area contributed by atoms with E-state index in [1.807, 2.05) is 37.3 Å². The van der Waals surface area contributed by atoms with Crippen molar-refractivity contribution >= 4 is 17.5 Å². The summed E-state index contributed by atoms with van der Waals surface area (Å²) < 4.78 is 0. The molecule has 3 nitrogen and oxygen atoms in total. The number of benzene rings is 1. The average molecular weight is 275 g/mol. The molecule has 2 aromatic rings. The lowest BCUT2D eigenvalue weighted by Crippen LogP contribution is -2.26. The molecule has 0 saturated heterocycles. The molecule has 1 aromatic carbocycles. The van der Waals surface area contributed by atoms with Gasteiger partial charge in [0.2, 0.25) is 0 Å². The van der Waals surface area contributed by atoms with Gasteiger partial charge in [0.1, 0.15) is 0 Å². The van der Waals surface area contributed by atoms with Gasteiger partial charge >= 0.3 is 0 Å². The lowest BCUT2D eigenvalue weighted by atomic mass is 10.1. The zero-order chi connectivity index (χ0) is 13.8. The van der Waals surface area contributed by atoms with Crippen molar-refractivity contribution in [1.82, 2.24) is 9.88 Å².